The topological polar surface area (TPSA) is 38.5 Å². The van der Waals surface area contributed by atoms with Crippen molar-refractivity contribution in [2.75, 3.05) is 33.3 Å². The second kappa shape index (κ2) is 9.13. The predicted octanol–water partition coefficient (Wildman–Crippen LogP) is 1.72. The van der Waals surface area contributed by atoms with E-state index in [2.05, 4.69) is 25.7 Å². The first-order valence-corrected chi connectivity index (χ1v) is 6.16. The number of likely N-dealkylation sites (N-methyl/N-ethyl adjacent to an activating group) is 1. The molecule has 0 fully saturated rings. The van der Waals surface area contributed by atoms with Crippen molar-refractivity contribution >= 4 is 0 Å². The summed E-state index contributed by atoms with van der Waals surface area (Å²) < 4.78 is 5.31. The minimum Gasteiger partial charge on any atom is -0.379 e. The highest BCUT2D eigenvalue weighted by molar-refractivity contribution is 4.68. The van der Waals surface area contributed by atoms with Crippen LogP contribution in [0, 0.1) is 5.92 Å². The molecule has 0 aliphatic rings. The zero-order valence-electron chi connectivity index (χ0n) is 10.8. The Morgan fingerprint density at radius 3 is 2.07 bits per heavy atom. The molecule has 0 heterocycles. The molecule has 0 spiro atoms. The smallest absolute Gasteiger partial charge is 0.0820 e. The lowest BCUT2D eigenvalue weighted by Crippen LogP contribution is -2.39. The van der Waals surface area contributed by atoms with Crippen molar-refractivity contribution in [2.24, 2.45) is 11.7 Å². The van der Waals surface area contributed by atoms with Crippen LogP contribution in [-0.4, -0.2) is 44.3 Å². The minimum atomic E-state index is 0.180. The molecule has 3 nitrogen and oxygen atoms in total. The van der Waals surface area contributed by atoms with Gasteiger partial charge in [0.05, 0.1) is 6.10 Å². The van der Waals surface area contributed by atoms with Crippen LogP contribution in [0.4, 0.5) is 0 Å². The molecule has 0 saturated carbocycles. The van der Waals surface area contributed by atoms with Crippen LogP contribution in [0.2, 0.25) is 0 Å². The number of methoxy groups -OCH3 is 1. The Balaban J connectivity index is 4.00. The summed E-state index contributed by atoms with van der Waals surface area (Å²) in [4.78, 5) is 2.44. The van der Waals surface area contributed by atoms with Crippen LogP contribution in [0.25, 0.3) is 0 Å². The fourth-order valence-electron chi connectivity index (χ4n) is 1.78. The van der Waals surface area contributed by atoms with E-state index in [0.29, 0.717) is 6.54 Å². The van der Waals surface area contributed by atoms with Crippen molar-refractivity contribution in [3.05, 3.63) is 0 Å². The highest BCUT2D eigenvalue weighted by Crippen LogP contribution is 2.10. The maximum atomic E-state index is 5.63. The van der Waals surface area contributed by atoms with Crippen molar-refractivity contribution in [3.63, 3.8) is 0 Å². The third-order valence-corrected chi connectivity index (χ3v) is 3.18. The van der Waals surface area contributed by atoms with E-state index in [4.69, 9.17) is 10.5 Å². The van der Waals surface area contributed by atoms with E-state index in [-0.39, 0.29) is 6.10 Å². The van der Waals surface area contributed by atoms with Gasteiger partial charge in [-0.3, -0.25) is 0 Å². The Morgan fingerprint density at radius 1 is 1.13 bits per heavy atom. The second-order valence-electron chi connectivity index (χ2n) is 4.13. The molecule has 0 saturated heterocycles. The summed E-state index contributed by atoms with van der Waals surface area (Å²) >= 11 is 0. The maximum Gasteiger partial charge on any atom is 0.0820 e. The lowest BCUT2D eigenvalue weighted by molar-refractivity contribution is 0.0655. The van der Waals surface area contributed by atoms with E-state index >= 15 is 0 Å². The Labute approximate surface area is 95.0 Å². The normalized spacial score (nSPS) is 13.8. The maximum absolute atomic E-state index is 5.63. The highest BCUT2D eigenvalue weighted by atomic mass is 16.5. The minimum absolute atomic E-state index is 0.180. The summed E-state index contributed by atoms with van der Waals surface area (Å²) in [5.74, 6) is 0.806. The predicted molar refractivity (Wildman–Crippen MR) is 66.0 cm³/mol. The quantitative estimate of drug-likeness (QED) is 0.638. The first-order valence-electron chi connectivity index (χ1n) is 6.16. The molecule has 0 aliphatic carbocycles. The van der Waals surface area contributed by atoms with Gasteiger partial charge in [-0.15, -0.1) is 0 Å². The van der Waals surface area contributed by atoms with Crippen LogP contribution in [0.1, 0.15) is 33.6 Å². The van der Waals surface area contributed by atoms with Crippen LogP contribution in [0.5, 0.6) is 0 Å². The van der Waals surface area contributed by atoms with Crippen LogP contribution < -0.4 is 5.73 Å². The van der Waals surface area contributed by atoms with Gasteiger partial charge in [-0.2, -0.15) is 0 Å². The summed E-state index contributed by atoms with van der Waals surface area (Å²) in [7, 11) is 1.74. The summed E-state index contributed by atoms with van der Waals surface area (Å²) in [6.07, 6.45) is 2.69. The number of rotatable bonds is 9. The van der Waals surface area contributed by atoms with Crippen LogP contribution in [0.15, 0.2) is 0 Å². The van der Waals surface area contributed by atoms with Crippen LogP contribution >= 0.6 is 0 Å². The van der Waals surface area contributed by atoms with E-state index in [1.54, 1.807) is 7.11 Å². The molecule has 0 amide bonds. The largest absolute Gasteiger partial charge is 0.379 e. The first kappa shape index (κ1) is 14.9. The SMILES string of the molecule is CCC(CC)CN(CC)CC(CN)OC. The number of ether oxygens (including phenoxy) is 1. The molecule has 0 radical (unpaired) electrons. The average molecular weight is 216 g/mol. The molecule has 0 aliphatic heterocycles. The fourth-order valence-corrected chi connectivity index (χ4v) is 1.78. The van der Waals surface area contributed by atoms with Gasteiger partial charge in [0.1, 0.15) is 0 Å². The summed E-state index contributed by atoms with van der Waals surface area (Å²) in [5.41, 5.74) is 5.63. The molecule has 1 atom stereocenters. The van der Waals surface area contributed by atoms with Gasteiger partial charge in [-0.25, -0.2) is 0 Å². The molecule has 3 heteroatoms. The Morgan fingerprint density at radius 2 is 1.73 bits per heavy atom. The number of nitrogens with zero attached hydrogens (tertiary/aromatic N) is 1. The van der Waals surface area contributed by atoms with Crippen molar-refractivity contribution < 1.29 is 4.74 Å². The van der Waals surface area contributed by atoms with Gasteiger partial charge in [0.2, 0.25) is 0 Å². The van der Waals surface area contributed by atoms with Gasteiger partial charge in [-0.1, -0.05) is 33.6 Å². The number of nitrogens with two attached hydrogens (primary N) is 1. The van der Waals surface area contributed by atoms with E-state index in [1.165, 1.54) is 19.4 Å². The molecule has 92 valence electrons. The fraction of sp³-hybridized carbons (Fsp3) is 1.00. The van der Waals surface area contributed by atoms with Gasteiger partial charge in [-0.05, 0) is 12.5 Å². The molecule has 0 aromatic carbocycles. The average Bonchev–Trinajstić information content (AvgIpc) is 2.30. The third-order valence-electron chi connectivity index (χ3n) is 3.18. The Hall–Kier alpha value is -0.120. The highest BCUT2D eigenvalue weighted by Gasteiger charge is 2.14. The molecular weight excluding hydrogens is 188 g/mol. The van der Waals surface area contributed by atoms with E-state index in [9.17, 15) is 0 Å². The second-order valence-corrected chi connectivity index (χ2v) is 4.13. The van der Waals surface area contributed by atoms with Gasteiger partial charge >= 0.3 is 0 Å². The molecular formula is C12H28N2O. The Bertz CT molecular complexity index is 120. The number of hydrogen-bond donors (Lipinski definition) is 1. The molecule has 2 N–H and O–H groups in total. The summed E-state index contributed by atoms with van der Waals surface area (Å²) in [5, 5.41) is 0. The van der Waals surface area contributed by atoms with E-state index in [0.717, 1.165) is 19.0 Å². The lowest BCUT2D eigenvalue weighted by Gasteiger charge is -2.28. The monoisotopic (exact) mass is 216 g/mol. The zero-order chi connectivity index (χ0) is 11.7. The van der Waals surface area contributed by atoms with Gasteiger partial charge in [0, 0.05) is 26.7 Å². The van der Waals surface area contributed by atoms with E-state index in [1.807, 2.05) is 0 Å². The van der Waals surface area contributed by atoms with Crippen LogP contribution in [0.3, 0.4) is 0 Å². The molecule has 1 unspecified atom stereocenters. The molecule has 0 rings (SSSR count). The van der Waals surface area contributed by atoms with Crippen molar-refractivity contribution in [1.29, 1.82) is 0 Å². The lowest BCUT2D eigenvalue weighted by atomic mass is 10.0. The first-order chi connectivity index (χ1) is 7.21. The number of hydrogen-bond acceptors (Lipinski definition) is 3. The third kappa shape index (κ3) is 6.13. The van der Waals surface area contributed by atoms with Crippen molar-refractivity contribution in [2.45, 2.75) is 39.7 Å². The molecule has 0 aromatic rings. The summed E-state index contributed by atoms with van der Waals surface area (Å²) in [6, 6.07) is 0. The van der Waals surface area contributed by atoms with Gasteiger partial charge in [0.25, 0.3) is 0 Å². The molecule has 15 heavy (non-hydrogen) atoms. The molecule has 0 aromatic heterocycles. The Kier molecular flexibility index (Phi) is 9.06. The van der Waals surface area contributed by atoms with Crippen molar-refractivity contribution in [3.8, 4) is 0 Å². The standard InChI is InChI=1S/C12H28N2O/c1-5-11(6-2)9-14(7-3)10-12(8-13)15-4/h11-12H,5-10,13H2,1-4H3. The van der Waals surface area contributed by atoms with Gasteiger partial charge < -0.3 is 15.4 Å². The van der Waals surface area contributed by atoms with E-state index < -0.39 is 0 Å². The molecule has 0 bridgehead atoms. The zero-order valence-corrected chi connectivity index (χ0v) is 10.8. The van der Waals surface area contributed by atoms with Crippen molar-refractivity contribution in [1.82, 2.24) is 4.90 Å². The van der Waals surface area contributed by atoms with Gasteiger partial charge in [0.15, 0.2) is 0 Å². The van der Waals surface area contributed by atoms with Crippen LogP contribution in [-0.2, 0) is 4.74 Å². The summed E-state index contributed by atoms with van der Waals surface area (Å²) in [6.45, 7) is 10.5.